The van der Waals surface area contributed by atoms with E-state index < -0.39 is 10.8 Å². The van der Waals surface area contributed by atoms with Gasteiger partial charge in [0.05, 0.1) is 15.0 Å². The van der Waals surface area contributed by atoms with Gasteiger partial charge in [-0.05, 0) is 25.2 Å². The summed E-state index contributed by atoms with van der Waals surface area (Å²) in [5.41, 5.74) is 1.51. The number of rotatable bonds is 0. The first kappa shape index (κ1) is 12.3. The van der Waals surface area contributed by atoms with Crippen LogP contribution in [0.2, 0.25) is 0 Å². The molecule has 1 aliphatic heterocycles. The second-order valence-electron chi connectivity index (χ2n) is 5.17. The zero-order chi connectivity index (χ0) is 10.9. The highest BCUT2D eigenvalue weighted by Gasteiger charge is 2.32. The third-order valence-electron chi connectivity index (χ3n) is 2.61. The molecule has 1 aliphatic rings. The van der Waals surface area contributed by atoms with E-state index in [1.54, 1.807) is 11.8 Å². The maximum atomic E-state index is 11.9. The number of hydrogen-bond donors (Lipinski definition) is 0. The highest BCUT2D eigenvalue weighted by atomic mass is 32.2. The van der Waals surface area contributed by atoms with Gasteiger partial charge >= 0.3 is 0 Å². The lowest BCUT2D eigenvalue weighted by Crippen LogP contribution is -2.31. The first-order chi connectivity index (χ1) is 6.32. The lowest BCUT2D eigenvalue weighted by Gasteiger charge is -2.34. The van der Waals surface area contributed by atoms with Gasteiger partial charge in [-0.25, -0.2) is 0 Å². The zero-order valence-electron chi connectivity index (χ0n) is 9.72. The standard InChI is InChI=1S/C11H20OS2/c1-8(2)10-13-6-9(7-14(10)12)11(3,4)5/h9H,6-7H2,1-5H3/t9-,14?/m0/s1. The molecule has 1 nitrogen and oxygen atoms in total. The number of thioether (sulfide) groups is 1. The molecule has 0 aliphatic carbocycles. The van der Waals surface area contributed by atoms with Gasteiger partial charge in [-0.3, -0.25) is 4.21 Å². The van der Waals surface area contributed by atoms with E-state index in [9.17, 15) is 4.21 Å². The molecule has 3 heteroatoms. The Labute approximate surface area is 94.2 Å². The molecule has 0 N–H and O–H groups in total. The van der Waals surface area contributed by atoms with Gasteiger partial charge in [-0.15, -0.1) is 11.8 Å². The average molecular weight is 232 g/mol. The van der Waals surface area contributed by atoms with E-state index in [1.807, 2.05) is 0 Å². The molecule has 14 heavy (non-hydrogen) atoms. The fourth-order valence-corrected chi connectivity index (χ4v) is 5.35. The summed E-state index contributed by atoms with van der Waals surface area (Å²) in [6, 6.07) is 0. The summed E-state index contributed by atoms with van der Waals surface area (Å²) >= 11 is 1.79. The van der Waals surface area contributed by atoms with E-state index in [0.717, 1.165) is 15.7 Å². The molecule has 0 bridgehead atoms. The van der Waals surface area contributed by atoms with Gasteiger partial charge < -0.3 is 0 Å². The van der Waals surface area contributed by atoms with Crippen LogP contribution in [0.15, 0.2) is 9.81 Å². The summed E-state index contributed by atoms with van der Waals surface area (Å²) in [5, 5.41) is 0. The predicted molar refractivity (Wildman–Crippen MR) is 66.8 cm³/mol. The van der Waals surface area contributed by atoms with Gasteiger partial charge in [0.2, 0.25) is 0 Å². The molecule has 0 saturated carbocycles. The van der Waals surface area contributed by atoms with Crippen LogP contribution in [0.25, 0.3) is 0 Å². The van der Waals surface area contributed by atoms with E-state index in [2.05, 4.69) is 34.6 Å². The fourth-order valence-electron chi connectivity index (χ4n) is 1.42. The van der Waals surface area contributed by atoms with E-state index >= 15 is 0 Å². The minimum absolute atomic E-state index is 0.288. The second-order valence-corrected chi connectivity index (χ2v) is 7.89. The van der Waals surface area contributed by atoms with Crippen molar-refractivity contribution in [3.63, 3.8) is 0 Å². The predicted octanol–water partition coefficient (Wildman–Crippen LogP) is 3.40. The van der Waals surface area contributed by atoms with Crippen LogP contribution in [-0.2, 0) is 10.8 Å². The van der Waals surface area contributed by atoms with Gasteiger partial charge in [-0.2, -0.15) is 0 Å². The first-order valence-corrected chi connectivity index (χ1v) is 7.31. The lowest BCUT2D eigenvalue weighted by atomic mass is 9.83. The first-order valence-electron chi connectivity index (χ1n) is 5.01. The summed E-state index contributed by atoms with van der Waals surface area (Å²) < 4.78 is 13.0. The molecule has 0 amide bonds. The van der Waals surface area contributed by atoms with Crippen molar-refractivity contribution in [3.8, 4) is 0 Å². The lowest BCUT2D eigenvalue weighted by molar-refractivity contribution is 0.292. The minimum atomic E-state index is -0.742. The van der Waals surface area contributed by atoms with Crippen LogP contribution in [0, 0.1) is 11.3 Å². The third kappa shape index (κ3) is 2.86. The quantitative estimate of drug-likeness (QED) is 0.637. The number of hydrogen-bond acceptors (Lipinski definition) is 2. The molecule has 1 fully saturated rings. The molecule has 0 radical (unpaired) electrons. The Morgan fingerprint density at radius 3 is 2.36 bits per heavy atom. The molecular formula is C11H20OS2. The van der Waals surface area contributed by atoms with Crippen LogP contribution in [0.3, 0.4) is 0 Å². The molecule has 1 rings (SSSR count). The number of allylic oxidation sites excluding steroid dienone is 1. The Morgan fingerprint density at radius 1 is 1.43 bits per heavy atom. The van der Waals surface area contributed by atoms with Gasteiger partial charge in [0.15, 0.2) is 0 Å². The van der Waals surface area contributed by atoms with Crippen molar-refractivity contribution in [1.82, 2.24) is 0 Å². The van der Waals surface area contributed by atoms with Crippen LogP contribution in [0.4, 0.5) is 0 Å². The van der Waals surface area contributed by atoms with E-state index in [-0.39, 0.29) is 5.41 Å². The van der Waals surface area contributed by atoms with Crippen LogP contribution < -0.4 is 0 Å². The van der Waals surface area contributed by atoms with Crippen LogP contribution >= 0.6 is 11.8 Å². The van der Waals surface area contributed by atoms with Crippen molar-refractivity contribution in [2.24, 2.45) is 11.3 Å². The normalized spacial score (nSPS) is 29.1. The topological polar surface area (TPSA) is 17.1 Å². The van der Waals surface area contributed by atoms with Crippen LogP contribution in [0.5, 0.6) is 0 Å². The molecule has 2 atom stereocenters. The smallest absolute Gasteiger partial charge is 0.0702 e. The van der Waals surface area contributed by atoms with Crippen molar-refractivity contribution in [3.05, 3.63) is 9.81 Å². The average Bonchev–Trinajstić information content (AvgIpc) is 2.01. The van der Waals surface area contributed by atoms with Crippen molar-refractivity contribution >= 4 is 22.6 Å². The monoisotopic (exact) mass is 232 g/mol. The van der Waals surface area contributed by atoms with Crippen molar-refractivity contribution in [2.75, 3.05) is 11.5 Å². The summed E-state index contributed by atoms with van der Waals surface area (Å²) in [5.74, 6) is 2.55. The molecule has 1 unspecified atom stereocenters. The summed E-state index contributed by atoms with van der Waals surface area (Å²) in [6.07, 6.45) is 0. The van der Waals surface area contributed by atoms with Gasteiger partial charge in [0.1, 0.15) is 0 Å². The van der Waals surface area contributed by atoms with Gasteiger partial charge in [0.25, 0.3) is 0 Å². The SMILES string of the molecule is CC(C)=C1SC[C@H](C(C)(C)C)CS1=O. The van der Waals surface area contributed by atoms with Crippen molar-refractivity contribution in [2.45, 2.75) is 34.6 Å². The second kappa shape index (κ2) is 4.40. The molecule has 0 aromatic carbocycles. The zero-order valence-corrected chi connectivity index (χ0v) is 11.3. The van der Waals surface area contributed by atoms with E-state index in [0.29, 0.717) is 5.92 Å². The van der Waals surface area contributed by atoms with Gasteiger partial charge in [0, 0.05) is 11.5 Å². The van der Waals surface area contributed by atoms with Crippen molar-refractivity contribution < 1.29 is 4.21 Å². The molecule has 0 spiro atoms. The molecule has 82 valence electrons. The largest absolute Gasteiger partial charge is 0.254 e. The molecule has 0 aromatic heterocycles. The summed E-state index contributed by atoms with van der Waals surface area (Å²) in [4.78, 5) is 0. The minimum Gasteiger partial charge on any atom is -0.254 e. The van der Waals surface area contributed by atoms with Crippen LogP contribution in [0.1, 0.15) is 34.6 Å². The van der Waals surface area contributed by atoms with E-state index in [4.69, 9.17) is 0 Å². The van der Waals surface area contributed by atoms with Crippen molar-refractivity contribution in [1.29, 1.82) is 0 Å². The van der Waals surface area contributed by atoms with E-state index in [1.165, 1.54) is 5.57 Å². The Hall–Kier alpha value is 0.240. The molecular weight excluding hydrogens is 212 g/mol. The maximum Gasteiger partial charge on any atom is 0.0702 e. The maximum absolute atomic E-state index is 11.9. The Morgan fingerprint density at radius 2 is 2.00 bits per heavy atom. The Kier molecular flexibility index (Phi) is 3.87. The highest BCUT2D eigenvalue weighted by molar-refractivity contribution is 8.17. The fraction of sp³-hybridized carbons (Fsp3) is 0.818. The van der Waals surface area contributed by atoms with Gasteiger partial charge in [-0.1, -0.05) is 26.3 Å². The Balaban J connectivity index is 2.75. The summed E-state index contributed by atoms with van der Waals surface area (Å²) in [7, 11) is -0.742. The highest BCUT2D eigenvalue weighted by Crippen LogP contribution is 2.39. The molecule has 0 aromatic rings. The molecule has 1 heterocycles. The summed E-state index contributed by atoms with van der Waals surface area (Å²) in [6.45, 7) is 10.8. The van der Waals surface area contributed by atoms with Crippen LogP contribution in [-0.4, -0.2) is 15.7 Å². The third-order valence-corrected chi connectivity index (χ3v) is 6.29. The molecule has 1 saturated heterocycles. The Bertz CT molecular complexity index is 270.